The van der Waals surface area contributed by atoms with Gasteiger partial charge in [0.05, 0.1) is 25.6 Å². The van der Waals surface area contributed by atoms with Gasteiger partial charge in [-0.3, -0.25) is 14.3 Å². The SMILES string of the molecule is CC(NC(=O)c1n[nH]c2ccccc12)OCC[Si](C)(CF)Cc1c(F)ccc(N)c1F. The van der Waals surface area contributed by atoms with Crippen LogP contribution in [0.5, 0.6) is 0 Å². The number of fused-ring (bicyclic) bond motifs is 1. The third-order valence-corrected chi connectivity index (χ3v) is 8.50. The summed E-state index contributed by atoms with van der Waals surface area (Å²) >= 11 is 0. The molecule has 166 valence electrons. The molecule has 2 unspecified atom stereocenters. The molecule has 4 N–H and O–H groups in total. The highest BCUT2D eigenvalue weighted by molar-refractivity contribution is 6.78. The van der Waals surface area contributed by atoms with Crippen LogP contribution in [0.25, 0.3) is 10.9 Å². The number of aromatic nitrogens is 2. The molecule has 31 heavy (non-hydrogen) atoms. The van der Waals surface area contributed by atoms with Gasteiger partial charge in [0.25, 0.3) is 5.91 Å². The van der Waals surface area contributed by atoms with Gasteiger partial charge in [-0.25, -0.2) is 8.78 Å². The lowest BCUT2D eigenvalue weighted by atomic mass is 10.2. The molecule has 2 atom stereocenters. The highest BCUT2D eigenvalue weighted by Crippen LogP contribution is 2.25. The van der Waals surface area contributed by atoms with Crippen LogP contribution in [0.2, 0.25) is 12.6 Å². The maximum atomic E-state index is 14.2. The van der Waals surface area contributed by atoms with Gasteiger partial charge in [0.1, 0.15) is 12.0 Å². The average molecular weight is 451 g/mol. The van der Waals surface area contributed by atoms with E-state index in [0.29, 0.717) is 11.4 Å². The highest BCUT2D eigenvalue weighted by atomic mass is 28.3. The lowest BCUT2D eigenvalue weighted by Crippen LogP contribution is -2.41. The summed E-state index contributed by atoms with van der Waals surface area (Å²) in [6.07, 6.45) is -1.31. The molecule has 3 aromatic rings. The van der Waals surface area contributed by atoms with Gasteiger partial charge in [-0.2, -0.15) is 5.10 Å². The first-order chi connectivity index (χ1) is 14.7. The van der Waals surface area contributed by atoms with Crippen molar-refractivity contribution < 1.29 is 22.7 Å². The molecule has 1 amide bonds. The molecule has 10 heteroatoms. The van der Waals surface area contributed by atoms with E-state index in [1.807, 2.05) is 18.2 Å². The molecule has 0 aliphatic carbocycles. The molecule has 0 saturated carbocycles. The van der Waals surface area contributed by atoms with Crippen molar-refractivity contribution in [3.8, 4) is 0 Å². The van der Waals surface area contributed by atoms with E-state index >= 15 is 0 Å². The van der Waals surface area contributed by atoms with Crippen LogP contribution in [0.4, 0.5) is 18.9 Å². The van der Waals surface area contributed by atoms with Crippen LogP contribution in [0.1, 0.15) is 23.0 Å². The molecule has 0 aliphatic heterocycles. The number of carbonyl (C=O) groups excluding carboxylic acids is 1. The number of rotatable bonds is 9. The van der Waals surface area contributed by atoms with Crippen LogP contribution in [-0.4, -0.2) is 43.3 Å². The molecular weight excluding hydrogens is 425 g/mol. The summed E-state index contributed by atoms with van der Waals surface area (Å²) in [6.45, 7) is 3.51. The summed E-state index contributed by atoms with van der Waals surface area (Å²) in [6, 6.07) is 9.77. The number of nitrogens with one attached hydrogen (secondary N) is 2. The van der Waals surface area contributed by atoms with Crippen LogP contribution in [0.15, 0.2) is 36.4 Å². The molecule has 0 radical (unpaired) electrons. The number of H-pyrrole nitrogens is 1. The van der Waals surface area contributed by atoms with E-state index in [1.165, 1.54) is 0 Å². The van der Waals surface area contributed by atoms with E-state index in [-0.39, 0.29) is 29.6 Å². The zero-order chi connectivity index (χ0) is 22.6. The van der Waals surface area contributed by atoms with Crippen LogP contribution >= 0.6 is 0 Å². The van der Waals surface area contributed by atoms with E-state index in [0.717, 1.165) is 17.6 Å². The lowest BCUT2D eigenvalue weighted by molar-refractivity contribution is 0.0442. The number of para-hydroxylation sites is 1. The Morgan fingerprint density at radius 2 is 2.03 bits per heavy atom. The number of carbonyl (C=O) groups is 1. The number of nitrogen functional groups attached to an aromatic ring is 1. The van der Waals surface area contributed by atoms with E-state index < -0.39 is 38.1 Å². The monoisotopic (exact) mass is 450 g/mol. The van der Waals surface area contributed by atoms with Crippen molar-refractivity contribution in [3.05, 3.63) is 59.3 Å². The van der Waals surface area contributed by atoms with E-state index in [9.17, 15) is 18.0 Å². The number of aromatic amines is 1. The third-order valence-electron chi connectivity index (χ3n) is 5.24. The van der Waals surface area contributed by atoms with Crippen molar-refractivity contribution in [1.82, 2.24) is 15.5 Å². The van der Waals surface area contributed by atoms with E-state index in [2.05, 4.69) is 15.5 Å². The fourth-order valence-electron chi connectivity index (χ4n) is 3.32. The van der Waals surface area contributed by atoms with Crippen molar-refractivity contribution in [2.45, 2.75) is 31.8 Å². The normalized spacial score (nSPS) is 14.4. The Balaban J connectivity index is 1.56. The number of anilines is 1. The van der Waals surface area contributed by atoms with Crippen molar-refractivity contribution >= 4 is 30.6 Å². The summed E-state index contributed by atoms with van der Waals surface area (Å²) in [5.74, 6) is -1.97. The number of halogens is 3. The van der Waals surface area contributed by atoms with Crippen LogP contribution in [0.3, 0.4) is 0 Å². The van der Waals surface area contributed by atoms with Gasteiger partial charge in [0.15, 0.2) is 11.5 Å². The van der Waals surface area contributed by atoms with Crippen LogP contribution < -0.4 is 11.1 Å². The first-order valence-corrected chi connectivity index (χ1v) is 13.0. The summed E-state index contributed by atoms with van der Waals surface area (Å²) in [5, 5.41) is 10.2. The van der Waals surface area contributed by atoms with Crippen molar-refractivity contribution in [2.75, 3.05) is 18.6 Å². The number of benzene rings is 2. The van der Waals surface area contributed by atoms with Gasteiger partial charge in [0.2, 0.25) is 0 Å². The second kappa shape index (κ2) is 9.52. The standard InChI is InChI=1S/C21H25F3N4O2Si/c1-13(26-21(29)20-14-5-3-4-6-18(14)27-28-20)30-9-10-31(2,12-22)11-15-16(23)7-8-17(25)19(15)24/h3-8,13H,9-12,25H2,1-2H3,(H,26,29)(H,27,28). The molecule has 2 aromatic carbocycles. The Morgan fingerprint density at radius 3 is 2.77 bits per heavy atom. The Bertz CT molecular complexity index is 1080. The van der Waals surface area contributed by atoms with Gasteiger partial charge in [-0.15, -0.1) is 0 Å². The van der Waals surface area contributed by atoms with Gasteiger partial charge < -0.3 is 15.8 Å². The molecule has 1 aromatic heterocycles. The largest absolute Gasteiger partial charge is 0.396 e. The van der Waals surface area contributed by atoms with Gasteiger partial charge in [-0.1, -0.05) is 24.7 Å². The van der Waals surface area contributed by atoms with Gasteiger partial charge in [-0.05, 0) is 37.2 Å². The molecular formula is C21H25F3N4O2Si. The topological polar surface area (TPSA) is 93.0 Å². The molecule has 0 bridgehead atoms. The number of amides is 1. The molecule has 0 spiro atoms. The maximum absolute atomic E-state index is 14.2. The van der Waals surface area contributed by atoms with Gasteiger partial charge in [0, 0.05) is 17.6 Å². The van der Waals surface area contributed by atoms with Crippen molar-refractivity contribution in [2.24, 2.45) is 0 Å². The van der Waals surface area contributed by atoms with Crippen LogP contribution in [0, 0.1) is 11.6 Å². The average Bonchev–Trinajstić information content (AvgIpc) is 3.18. The van der Waals surface area contributed by atoms with Crippen molar-refractivity contribution in [3.63, 3.8) is 0 Å². The zero-order valence-electron chi connectivity index (χ0n) is 17.3. The molecule has 6 nitrogen and oxygen atoms in total. The molecule has 0 aliphatic rings. The fraction of sp³-hybridized carbons (Fsp3) is 0.333. The quantitative estimate of drug-likeness (QED) is 0.262. The van der Waals surface area contributed by atoms with Crippen molar-refractivity contribution in [1.29, 1.82) is 0 Å². The predicted molar refractivity (Wildman–Crippen MR) is 116 cm³/mol. The Kier molecular flexibility index (Phi) is 7.01. The number of nitrogens with two attached hydrogens (primary N) is 1. The van der Waals surface area contributed by atoms with E-state index in [1.54, 1.807) is 19.5 Å². The Hall–Kier alpha value is -2.85. The van der Waals surface area contributed by atoms with Gasteiger partial charge >= 0.3 is 0 Å². The fourth-order valence-corrected chi connectivity index (χ4v) is 5.51. The summed E-state index contributed by atoms with van der Waals surface area (Å²) in [7, 11) is -2.70. The number of alkyl halides is 1. The highest BCUT2D eigenvalue weighted by Gasteiger charge is 2.31. The first kappa shape index (κ1) is 22.8. The number of ether oxygens (including phenoxy) is 1. The summed E-state index contributed by atoms with van der Waals surface area (Å²) in [5.41, 5.74) is 6.17. The Labute approximate surface area is 179 Å². The Morgan fingerprint density at radius 1 is 1.29 bits per heavy atom. The molecule has 0 saturated heterocycles. The third kappa shape index (κ3) is 5.26. The second-order valence-corrected chi connectivity index (χ2v) is 12.6. The number of hydrogen-bond acceptors (Lipinski definition) is 4. The minimum atomic E-state index is -2.70. The minimum absolute atomic E-state index is 0.0322. The number of hydrogen-bond donors (Lipinski definition) is 3. The van der Waals surface area contributed by atoms with Crippen LogP contribution in [-0.2, 0) is 10.8 Å². The smallest absolute Gasteiger partial charge is 0.274 e. The maximum Gasteiger partial charge on any atom is 0.274 e. The second-order valence-electron chi connectivity index (χ2n) is 7.90. The molecule has 1 heterocycles. The minimum Gasteiger partial charge on any atom is -0.396 e. The predicted octanol–water partition coefficient (Wildman–Crippen LogP) is 3.88. The number of nitrogens with zero attached hydrogens (tertiary/aromatic N) is 1. The lowest BCUT2D eigenvalue weighted by Gasteiger charge is -2.25. The first-order valence-electron chi connectivity index (χ1n) is 9.88. The molecule has 0 fully saturated rings. The summed E-state index contributed by atoms with van der Waals surface area (Å²) in [4.78, 5) is 12.5. The summed E-state index contributed by atoms with van der Waals surface area (Å²) < 4.78 is 47.7. The van der Waals surface area contributed by atoms with E-state index in [4.69, 9.17) is 10.5 Å². The zero-order valence-corrected chi connectivity index (χ0v) is 18.3. The molecule has 3 rings (SSSR count).